The van der Waals surface area contributed by atoms with E-state index in [4.69, 9.17) is 16.1 Å². The summed E-state index contributed by atoms with van der Waals surface area (Å²) in [5.41, 5.74) is 1.18. The fourth-order valence-corrected chi connectivity index (χ4v) is 3.18. The first-order chi connectivity index (χ1) is 13.5. The summed E-state index contributed by atoms with van der Waals surface area (Å²) in [6.45, 7) is 2.04. The lowest BCUT2D eigenvalue weighted by atomic mass is 9.84. The fraction of sp³-hybridized carbons (Fsp3) is 0.143. The number of aromatic nitrogens is 3. The Kier molecular flexibility index (Phi) is 4.79. The highest BCUT2D eigenvalue weighted by Crippen LogP contribution is 2.34. The number of nitrogens with zero attached hydrogens (tertiary/aromatic N) is 3. The second-order valence-electron chi connectivity index (χ2n) is 6.70. The third-order valence-corrected chi connectivity index (χ3v) is 4.85. The summed E-state index contributed by atoms with van der Waals surface area (Å²) >= 11 is 6.41. The monoisotopic (exact) mass is 392 g/mol. The normalized spacial score (nSPS) is 18.2. The molecule has 1 aliphatic rings. The molecule has 6 nitrogen and oxygen atoms in total. The number of benzene rings is 1. The molecule has 1 unspecified atom stereocenters. The molecule has 1 aromatic carbocycles. The molecule has 0 bridgehead atoms. The third-order valence-electron chi connectivity index (χ3n) is 4.53. The number of pyridine rings is 1. The number of allylic oxidation sites excluding steroid dienone is 4. The molecule has 0 aliphatic heterocycles. The Morgan fingerprint density at radius 3 is 2.86 bits per heavy atom. The second kappa shape index (κ2) is 7.40. The van der Waals surface area contributed by atoms with Gasteiger partial charge in [0.15, 0.2) is 0 Å². The summed E-state index contributed by atoms with van der Waals surface area (Å²) < 4.78 is 5.49. The van der Waals surface area contributed by atoms with Crippen molar-refractivity contribution < 1.29 is 9.32 Å². The molecule has 0 saturated carbocycles. The van der Waals surface area contributed by atoms with E-state index in [1.807, 2.05) is 25.2 Å². The second-order valence-corrected chi connectivity index (χ2v) is 7.10. The van der Waals surface area contributed by atoms with E-state index in [1.54, 1.807) is 42.6 Å². The third kappa shape index (κ3) is 3.59. The molecule has 28 heavy (non-hydrogen) atoms. The number of anilines is 1. The number of rotatable bonds is 4. The Balaban J connectivity index is 1.55. The van der Waals surface area contributed by atoms with E-state index in [9.17, 15) is 4.79 Å². The van der Waals surface area contributed by atoms with Crippen molar-refractivity contribution >= 4 is 23.2 Å². The van der Waals surface area contributed by atoms with Crippen molar-refractivity contribution in [2.45, 2.75) is 18.8 Å². The van der Waals surface area contributed by atoms with Gasteiger partial charge in [0.2, 0.25) is 11.7 Å². The van der Waals surface area contributed by atoms with Crippen LogP contribution in [0.25, 0.3) is 11.4 Å². The first kappa shape index (κ1) is 18.1. The number of nitrogens with one attached hydrogen (secondary N) is 1. The Hall–Kier alpha value is -3.25. The van der Waals surface area contributed by atoms with Gasteiger partial charge in [0.25, 0.3) is 5.91 Å². The quantitative estimate of drug-likeness (QED) is 0.689. The van der Waals surface area contributed by atoms with Crippen molar-refractivity contribution in [1.29, 1.82) is 0 Å². The van der Waals surface area contributed by atoms with E-state index in [2.05, 4.69) is 26.5 Å². The minimum Gasteiger partial charge on any atom is -0.338 e. The number of hydrogen-bond acceptors (Lipinski definition) is 5. The van der Waals surface area contributed by atoms with Crippen LogP contribution in [0.4, 0.5) is 5.69 Å². The molecular weight excluding hydrogens is 376 g/mol. The molecule has 2 aromatic heterocycles. The minimum atomic E-state index is -0.330. The van der Waals surface area contributed by atoms with Crippen molar-refractivity contribution in [2.24, 2.45) is 0 Å². The first-order valence-corrected chi connectivity index (χ1v) is 9.14. The molecule has 4 rings (SSSR count). The van der Waals surface area contributed by atoms with E-state index < -0.39 is 0 Å². The lowest BCUT2D eigenvalue weighted by Gasteiger charge is -2.21. The maximum atomic E-state index is 12.2. The molecule has 0 radical (unpaired) electrons. The molecule has 3 aromatic rings. The summed E-state index contributed by atoms with van der Waals surface area (Å²) in [5, 5.41) is 7.27. The van der Waals surface area contributed by atoms with Gasteiger partial charge in [-0.25, -0.2) is 0 Å². The van der Waals surface area contributed by atoms with Crippen LogP contribution in [-0.4, -0.2) is 21.0 Å². The van der Waals surface area contributed by atoms with Crippen LogP contribution >= 0.6 is 11.6 Å². The van der Waals surface area contributed by atoms with Gasteiger partial charge in [0.1, 0.15) is 5.69 Å². The van der Waals surface area contributed by atoms with Gasteiger partial charge in [0.05, 0.1) is 10.4 Å². The lowest BCUT2D eigenvalue weighted by molar-refractivity contribution is 0.102. The van der Waals surface area contributed by atoms with Gasteiger partial charge in [-0.1, -0.05) is 47.1 Å². The Morgan fingerprint density at radius 1 is 1.25 bits per heavy atom. The molecule has 1 amide bonds. The van der Waals surface area contributed by atoms with Crippen molar-refractivity contribution in [3.05, 3.63) is 83.5 Å². The van der Waals surface area contributed by atoms with E-state index in [0.717, 1.165) is 6.42 Å². The van der Waals surface area contributed by atoms with Crippen LogP contribution in [0.1, 0.15) is 29.7 Å². The van der Waals surface area contributed by atoms with Gasteiger partial charge in [-0.3, -0.25) is 9.78 Å². The molecular formula is C21H17ClN4O2. The molecule has 0 saturated heterocycles. The largest absolute Gasteiger partial charge is 0.338 e. The highest BCUT2D eigenvalue weighted by Gasteiger charge is 2.30. The number of halogens is 1. The first-order valence-electron chi connectivity index (χ1n) is 8.76. The standard InChI is InChI=1S/C21H17ClN4O2/c1-21(10-4-2-5-11-21)20-25-18(26-28-20)15-9-8-14(13-16(15)22)24-19(27)17-7-3-6-12-23-17/h2-10,12-13H,11H2,1H3,(H,24,27). The number of carbonyl (C=O) groups excluding carboxylic acids is 1. The van der Waals surface area contributed by atoms with Crippen LogP contribution in [0.5, 0.6) is 0 Å². The zero-order valence-electron chi connectivity index (χ0n) is 15.1. The Bertz CT molecular complexity index is 1080. The van der Waals surface area contributed by atoms with Crippen molar-refractivity contribution in [3.8, 4) is 11.4 Å². The Morgan fingerprint density at radius 2 is 2.14 bits per heavy atom. The van der Waals surface area contributed by atoms with E-state index in [-0.39, 0.29) is 11.3 Å². The molecule has 2 heterocycles. The minimum absolute atomic E-state index is 0.309. The van der Waals surface area contributed by atoms with Crippen molar-refractivity contribution in [3.63, 3.8) is 0 Å². The van der Waals surface area contributed by atoms with E-state index in [0.29, 0.717) is 33.7 Å². The molecule has 0 spiro atoms. The van der Waals surface area contributed by atoms with Gasteiger partial charge in [-0.2, -0.15) is 4.98 Å². The van der Waals surface area contributed by atoms with Gasteiger partial charge in [0, 0.05) is 17.4 Å². The van der Waals surface area contributed by atoms with Crippen molar-refractivity contribution in [1.82, 2.24) is 15.1 Å². The molecule has 140 valence electrons. The molecule has 1 aliphatic carbocycles. The maximum Gasteiger partial charge on any atom is 0.274 e. The maximum absolute atomic E-state index is 12.2. The smallest absolute Gasteiger partial charge is 0.274 e. The predicted octanol–water partition coefficient (Wildman–Crippen LogP) is 4.81. The highest BCUT2D eigenvalue weighted by molar-refractivity contribution is 6.33. The number of carbonyl (C=O) groups is 1. The van der Waals surface area contributed by atoms with Crippen LogP contribution in [0.3, 0.4) is 0 Å². The summed E-state index contributed by atoms with van der Waals surface area (Å²) in [7, 11) is 0. The molecule has 1 N–H and O–H groups in total. The van der Waals surface area contributed by atoms with Gasteiger partial charge < -0.3 is 9.84 Å². The average molecular weight is 393 g/mol. The summed E-state index contributed by atoms with van der Waals surface area (Å²) in [6, 6.07) is 10.3. The fourth-order valence-electron chi connectivity index (χ4n) is 2.92. The average Bonchev–Trinajstić information content (AvgIpc) is 3.20. The summed E-state index contributed by atoms with van der Waals surface area (Å²) in [5.74, 6) is 0.634. The van der Waals surface area contributed by atoms with Crippen LogP contribution in [-0.2, 0) is 5.41 Å². The van der Waals surface area contributed by atoms with Crippen LogP contribution in [0.15, 0.2) is 71.4 Å². The SMILES string of the molecule is CC1(c2nc(-c3ccc(NC(=O)c4ccccn4)cc3Cl)no2)C=CC=CC1. The van der Waals surface area contributed by atoms with Gasteiger partial charge in [-0.05, 0) is 43.7 Å². The number of amides is 1. The lowest BCUT2D eigenvalue weighted by Crippen LogP contribution is -2.19. The molecule has 0 fully saturated rings. The van der Waals surface area contributed by atoms with E-state index >= 15 is 0 Å². The van der Waals surface area contributed by atoms with Crippen molar-refractivity contribution in [2.75, 3.05) is 5.32 Å². The van der Waals surface area contributed by atoms with E-state index in [1.165, 1.54) is 0 Å². The summed E-state index contributed by atoms with van der Waals surface area (Å²) in [6.07, 6.45) is 10.4. The van der Waals surface area contributed by atoms with Gasteiger partial charge in [-0.15, -0.1) is 0 Å². The highest BCUT2D eigenvalue weighted by atomic mass is 35.5. The number of hydrogen-bond donors (Lipinski definition) is 1. The van der Waals surface area contributed by atoms with Crippen LogP contribution < -0.4 is 5.32 Å². The van der Waals surface area contributed by atoms with Gasteiger partial charge >= 0.3 is 0 Å². The van der Waals surface area contributed by atoms with Crippen LogP contribution in [0.2, 0.25) is 5.02 Å². The zero-order valence-corrected chi connectivity index (χ0v) is 15.8. The van der Waals surface area contributed by atoms with Crippen LogP contribution in [0, 0.1) is 0 Å². The predicted molar refractivity (Wildman–Crippen MR) is 107 cm³/mol. The summed E-state index contributed by atoms with van der Waals surface area (Å²) in [4.78, 5) is 20.8. The zero-order chi connectivity index (χ0) is 19.6. The Labute approximate surface area is 166 Å². The molecule has 1 atom stereocenters. The molecule has 7 heteroatoms. The topological polar surface area (TPSA) is 80.9 Å².